The Balaban J connectivity index is 2.14. The highest BCUT2D eigenvalue weighted by Crippen LogP contribution is 2.40. The van der Waals surface area contributed by atoms with Crippen LogP contribution in [0.2, 0.25) is 0 Å². The van der Waals surface area contributed by atoms with E-state index in [1.165, 1.54) is 0 Å². The van der Waals surface area contributed by atoms with Crippen LogP contribution in [0.4, 0.5) is 0 Å². The molecular formula is C8H11NO2. The van der Waals surface area contributed by atoms with Crippen molar-refractivity contribution in [1.82, 2.24) is 0 Å². The Kier molecular flexibility index (Phi) is 2.48. The molecule has 1 fully saturated rings. The maximum Gasteiger partial charge on any atom is 0.306 e. The summed E-state index contributed by atoms with van der Waals surface area (Å²) in [5.41, 5.74) is 0. The van der Waals surface area contributed by atoms with E-state index in [1.807, 2.05) is 0 Å². The van der Waals surface area contributed by atoms with E-state index in [0.29, 0.717) is 13.0 Å². The lowest BCUT2D eigenvalue weighted by atomic mass is 10.2. The molecule has 1 aliphatic rings. The second kappa shape index (κ2) is 3.38. The maximum absolute atomic E-state index is 10.8. The van der Waals surface area contributed by atoms with Crippen molar-refractivity contribution in [2.24, 2.45) is 11.8 Å². The Morgan fingerprint density at radius 3 is 3.00 bits per heavy atom. The molecule has 3 heteroatoms. The normalized spacial score (nSPS) is 27.3. The number of hydrogen-bond donors (Lipinski definition) is 0. The zero-order valence-electron chi connectivity index (χ0n) is 6.54. The molecule has 0 spiro atoms. The van der Waals surface area contributed by atoms with E-state index in [1.54, 1.807) is 6.92 Å². The van der Waals surface area contributed by atoms with Crippen LogP contribution in [0, 0.1) is 23.2 Å². The molecule has 2 atom stereocenters. The molecule has 0 N–H and O–H groups in total. The molecule has 2 unspecified atom stereocenters. The average Bonchev–Trinajstić information content (AvgIpc) is 2.68. The number of ether oxygens (including phenoxy) is 1. The SMILES string of the molecule is CCOC(=O)CC1CC1C#N. The van der Waals surface area contributed by atoms with Gasteiger partial charge in [0.1, 0.15) is 0 Å². The highest BCUT2D eigenvalue weighted by molar-refractivity contribution is 5.70. The van der Waals surface area contributed by atoms with E-state index in [0.717, 1.165) is 6.42 Å². The van der Waals surface area contributed by atoms with Gasteiger partial charge in [-0.3, -0.25) is 4.79 Å². The fourth-order valence-electron chi connectivity index (χ4n) is 1.07. The molecule has 0 aromatic carbocycles. The monoisotopic (exact) mass is 153 g/mol. The van der Waals surface area contributed by atoms with Crippen LogP contribution in [-0.2, 0) is 9.53 Å². The van der Waals surface area contributed by atoms with Crippen molar-refractivity contribution in [3.8, 4) is 6.07 Å². The standard InChI is InChI=1S/C8H11NO2/c1-2-11-8(10)4-6-3-7(6)5-9/h6-7H,2-4H2,1H3. The summed E-state index contributed by atoms with van der Waals surface area (Å²) < 4.78 is 4.74. The van der Waals surface area contributed by atoms with Crippen LogP contribution in [0.5, 0.6) is 0 Å². The minimum Gasteiger partial charge on any atom is -0.466 e. The molecule has 0 saturated heterocycles. The van der Waals surface area contributed by atoms with Crippen LogP contribution in [-0.4, -0.2) is 12.6 Å². The molecule has 11 heavy (non-hydrogen) atoms. The van der Waals surface area contributed by atoms with Gasteiger partial charge in [0.05, 0.1) is 18.6 Å². The summed E-state index contributed by atoms with van der Waals surface area (Å²) in [6.07, 6.45) is 1.29. The van der Waals surface area contributed by atoms with Crippen molar-refractivity contribution < 1.29 is 9.53 Å². The molecule has 0 radical (unpaired) electrons. The predicted molar refractivity (Wildman–Crippen MR) is 38.5 cm³/mol. The zero-order chi connectivity index (χ0) is 8.27. The van der Waals surface area contributed by atoms with Crippen molar-refractivity contribution >= 4 is 5.97 Å². The lowest BCUT2D eigenvalue weighted by molar-refractivity contribution is -0.143. The summed E-state index contributed by atoms with van der Waals surface area (Å²) in [6, 6.07) is 2.13. The van der Waals surface area contributed by atoms with Gasteiger partial charge in [-0.05, 0) is 19.3 Å². The van der Waals surface area contributed by atoms with E-state index in [9.17, 15) is 4.79 Å². The second-order valence-electron chi connectivity index (χ2n) is 2.74. The number of nitriles is 1. The zero-order valence-corrected chi connectivity index (χ0v) is 6.54. The number of esters is 1. The van der Waals surface area contributed by atoms with Crippen LogP contribution >= 0.6 is 0 Å². The number of hydrogen-bond acceptors (Lipinski definition) is 3. The van der Waals surface area contributed by atoms with Crippen LogP contribution in [0.15, 0.2) is 0 Å². The Hall–Kier alpha value is -1.04. The van der Waals surface area contributed by atoms with Gasteiger partial charge in [0.15, 0.2) is 0 Å². The fourth-order valence-corrected chi connectivity index (χ4v) is 1.07. The van der Waals surface area contributed by atoms with Crippen molar-refractivity contribution in [2.75, 3.05) is 6.61 Å². The van der Waals surface area contributed by atoms with Crippen LogP contribution in [0.1, 0.15) is 19.8 Å². The first-order valence-corrected chi connectivity index (χ1v) is 3.83. The Morgan fingerprint density at radius 1 is 1.82 bits per heavy atom. The van der Waals surface area contributed by atoms with Crippen LogP contribution < -0.4 is 0 Å². The smallest absolute Gasteiger partial charge is 0.306 e. The number of carbonyl (C=O) groups is 1. The summed E-state index contributed by atoms with van der Waals surface area (Å²) in [4.78, 5) is 10.8. The number of rotatable bonds is 3. The van der Waals surface area contributed by atoms with E-state index in [2.05, 4.69) is 6.07 Å². The number of nitrogens with zero attached hydrogens (tertiary/aromatic N) is 1. The van der Waals surface area contributed by atoms with Gasteiger partial charge in [0, 0.05) is 6.42 Å². The topological polar surface area (TPSA) is 50.1 Å². The van der Waals surface area contributed by atoms with E-state index in [-0.39, 0.29) is 17.8 Å². The van der Waals surface area contributed by atoms with Crippen LogP contribution in [0.3, 0.4) is 0 Å². The van der Waals surface area contributed by atoms with Crippen molar-refractivity contribution in [3.05, 3.63) is 0 Å². The van der Waals surface area contributed by atoms with E-state index in [4.69, 9.17) is 10.00 Å². The van der Waals surface area contributed by atoms with Gasteiger partial charge in [-0.25, -0.2) is 0 Å². The lowest BCUT2D eigenvalue weighted by Gasteiger charge is -1.98. The lowest BCUT2D eigenvalue weighted by Crippen LogP contribution is -2.04. The summed E-state index contributed by atoms with van der Waals surface area (Å²) in [7, 11) is 0. The summed E-state index contributed by atoms with van der Waals surface area (Å²) in [5, 5.41) is 8.42. The first-order valence-electron chi connectivity index (χ1n) is 3.83. The summed E-state index contributed by atoms with van der Waals surface area (Å²) in [5.74, 6) is 0.216. The molecule has 1 saturated carbocycles. The number of carbonyl (C=O) groups excluding carboxylic acids is 1. The van der Waals surface area contributed by atoms with Gasteiger partial charge in [-0.2, -0.15) is 5.26 Å². The molecule has 1 aliphatic carbocycles. The highest BCUT2D eigenvalue weighted by Gasteiger charge is 2.38. The molecule has 1 rings (SSSR count). The third-order valence-corrected chi connectivity index (χ3v) is 1.82. The third kappa shape index (κ3) is 2.23. The third-order valence-electron chi connectivity index (χ3n) is 1.82. The molecule has 0 aromatic heterocycles. The molecule has 0 amide bonds. The van der Waals surface area contributed by atoms with Gasteiger partial charge >= 0.3 is 5.97 Å². The fraction of sp³-hybridized carbons (Fsp3) is 0.750. The molecular weight excluding hydrogens is 142 g/mol. The first kappa shape index (κ1) is 8.06. The Bertz CT molecular complexity index is 195. The van der Waals surface area contributed by atoms with Gasteiger partial charge in [-0.15, -0.1) is 0 Å². The molecule has 0 aromatic rings. The quantitative estimate of drug-likeness (QED) is 0.570. The second-order valence-corrected chi connectivity index (χ2v) is 2.74. The van der Waals surface area contributed by atoms with Crippen molar-refractivity contribution in [1.29, 1.82) is 5.26 Å². The maximum atomic E-state index is 10.8. The minimum absolute atomic E-state index is 0.111. The van der Waals surface area contributed by atoms with Gasteiger partial charge in [-0.1, -0.05) is 0 Å². The molecule has 0 aliphatic heterocycles. The largest absolute Gasteiger partial charge is 0.466 e. The molecule has 0 bridgehead atoms. The van der Waals surface area contributed by atoms with E-state index >= 15 is 0 Å². The van der Waals surface area contributed by atoms with Crippen molar-refractivity contribution in [3.63, 3.8) is 0 Å². The predicted octanol–water partition coefficient (Wildman–Crippen LogP) is 1.10. The van der Waals surface area contributed by atoms with Gasteiger partial charge < -0.3 is 4.74 Å². The summed E-state index contributed by atoms with van der Waals surface area (Å²) in [6.45, 7) is 2.22. The van der Waals surface area contributed by atoms with E-state index < -0.39 is 0 Å². The molecule has 3 nitrogen and oxygen atoms in total. The Labute approximate surface area is 66.0 Å². The van der Waals surface area contributed by atoms with Crippen molar-refractivity contribution in [2.45, 2.75) is 19.8 Å². The first-order chi connectivity index (χ1) is 5.27. The summed E-state index contributed by atoms with van der Waals surface area (Å²) >= 11 is 0. The highest BCUT2D eigenvalue weighted by atomic mass is 16.5. The van der Waals surface area contributed by atoms with Gasteiger partial charge in [0.2, 0.25) is 0 Å². The molecule has 0 heterocycles. The van der Waals surface area contributed by atoms with Gasteiger partial charge in [0.25, 0.3) is 0 Å². The van der Waals surface area contributed by atoms with Crippen LogP contribution in [0.25, 0.3) is 0 Å². The minimum atomic E-state index is -0.171. The Morgan fingerprint density at radius 2 is 2.55 bits per heavy atom. The average molecular weight is 153 g/mol. The molecule has 60 valence electrons.